The summed E-state index contributed by atoms with van der Waals surface area (Å²) in [5.41, 5.74) is 0. The molecule has 85 valence electrons. The minimum atomic E-state index is -6.00. The summed E-state index contributed by atoms with van der Waals surface area (Å²) >= 11 is 0. The van der Waals surface area contributed by atoms with Crippen LogP contribution in [0.4, 0.5) is 17.3 Å². The zero-order valence-electron chi connectivity index (χ0n) is 7.56. The summed E-state index contributed by atoms with van der Waals surface area (Å²) in [6.45, 7) is 0. The van der Waals surface area contributed by atoms with Gasteiger partial charge in [0.2, 0.25) is 0 Å². The molecular weight excluding hydrogens is 286 g/mol. The molecule has 14 heavy (non-hydrogen) atoms. The quantitative estimate of drug-likeness (QED) is 0.360. The fourth-order valence-corrected chi connectivity index (χ4v) is 0.856. The Balaban J connectivity index is 0. The molecule has 0 aliphatic heterocycles. The summed E-state index contributed by atoms with van der Waals surface area (Å²) in [4.78, 5) is 0. The Morgan fingerprint density at radius 1 is 0.643 bits per heavy atom. The zero-order valence-corrected chi connectivity index (χ0v) is 9.20. The minimum Gasteiger partial charge on any atom is -0.418 e. The molecule has 0 spiro atoms. The van der Waals surface area contributed by atoms with Crippen LogP contribution in [0.2, 0.25) is 0 Å². The van der Waals surface area contributed by atoms with E-state index in [0.29, 0.717) is 0 Å². The summed E-state index contributed by atoms with van der Waals surface area (Å²) in [6.07, 6.45) is 14.0. The van der Waals surface area contributed by atoms with E-state index in [1.54, 1.807) is 0 Å². The number of halogens is 4. The molecule has 0 bridgehead atoms. The van der Waals surface area contributed by atoms with E-state index in [0.717, 1.165) is 0 Å². The smallest absolute Gasteiger partial charge is 0.418 e. The largest absolute Gasteiger partial charge is 0.673 e. The normalized spacial score (nSPS) is 20.3. The van der Waals surface area contributed by atoms with E-state index in [4.69, 9.17) is 0 Å². The van der Waals surface area contributed by atoms with Crippen molar-refractivity contribution in [2.24, 2.45) is 0 Å². The maximum atomic E-state index is 9.75. The van der Waals surface area contributed by atoms with E-state index in [1.807, 2.05) is 0 Å². The molecule has 1 radical (unpaired) electrons. The molecule has 0 heterocycles. The van der Waals surface area contributed by atoms with Crippen LogP contribution in [-0.4, -0.2) is 7.25 Å². The van der Waals surface area contributed by atoms with Crippen LogP contribution in [0.15, 0.2) is 24.3 Å². The molecule has 0 N–H and O–H groups in total. The Labute approximate surface area is 94.3 Å². The number of allylic oxidation sites excluding steroid dienone is 4. The molecule has 0 aromatic rings. The van der Waals surface area contributed by atoms with Crippen molar-refractivity contribution >= 4 is 7.25 Å². The zero-order chi connectivity index (χ0) is 10.2. The van der Waals surface area contributed by atoms with Crippen molar-refractivity contribution in [3.63, 3.8) is 0 Å². The standard InChI is InChI=1S/C8H12.BF4.Rh/c1-2-4-6-8-7-5-3-1;2-1(3,4)5;/h1-2,7-8H,3-6H2;;/q;-1;/b2-1-,8-7-;;. The first kappa shape index (κ1) is 16.3. The second kappa shape index (κ2) is 9.44. The molecule has 0 saturated heterocycles. The first-order valence-corrected chi connectivity index (χ1v) is 4.17. The third kappa shape index (κ3) is 22.7. The van der Waals surface area contributed by atoms with Gasteiger partial charge in [-0.1, -0.05) is 24.3 Å². The van der Waals surface area contributed by atoms with Gasteiger partial charge in [-0.3, -0.25) is 0 Å². The molecule has 1 rings (SSSR count). The van der Waals surface area contributed by atoms with Crippen molar-refractivity contribution in [1.82, 2.24) is 0 Å². The van der Waals surface area contributed by atoms with Gasteiger partial charge in [0.15, 0.2) is 0 Å². The number of rotatable bonds is 0. The molecule has 1 aliphatic carbocycles. The van der Waals surface area contributed by atoms with E-state index >= 15 is 0 Å². The summed E-state index contributed by atoms with van der Waals surface area (Å²) < 4.78 is 39.0. The van der Waals surface area contributed by atoms with Crippen molar-refractivity contribution in [3.8, 4) is 0 Å². The molecule has 0 nitrogen and oxygen atoms in total. The molecule has 0 unspecified atom stereocenters. The van der Waals surface area contributed by atoms with Gasteiger partial charge < -0.3 is 17.3 Å². The topological polar surface area (TPSA) is 0 Å². The monoisotopic (exact) mass is 298 g/mol. The first-order chi connectivity index (χ1) is 6.00. The van der Waals surface area contributed by atoms with Crippen LogP contribution < -0.4 is 0 Å². The van der Waals surface area contributed by atoms with E-state index in [-0.39, 0.29) is 19.5 Å². The third-order valence-corrected chi connectivity index (χ3v) is 1.33. The van der Waals surface area contributed by atoms with E-state index in [2.05, 4.69) is 24.3 Å². The van der Waals surface area contributed by atoms with Gasteiger partial charge in [-0.05, 0) is 25.7 Å². The maximum Gasteiger partial charge on any atom is 0.673 e. The van der Waals surface area contributed by atoms with Gasteiger partial charge >= 0.3 is 7.25 Å². The second-order valence-electron chi connectivity index (χ2n) is 2.59. The molecular formula is C8H12BF4Rh-. The third-order valence-electron chi connectivity index (χ3n) is 1.33. The SMILES string of the molecule is C1=C\CC/C=C\CC/1.F[B-](F)(F)F.[Rh]. The van der Waals surface area contributed by atoms with Gasteiger partial charge in [-0.15, -0.1) is 0 Å². The van der Waals surface area contributed by atoms with Crippen molar-refractivity contribution in [2.75, 3.05) is 0 Å². The van der Waals surface area contributed by atoms with Crippen LogP contribution in [0, 0.1) is 0 Å². The second-order valence-corrected chi connectivity index (χ2v) is 2.59. The van der Waals surface area contributed by atoms with Crippen LogP contribution in [0.1, 0.15) is 25.7 Å². The molecule has 0 fully saturated rings. The molecule has 0 aromatic carbocycles. The predicted molar refractivity (Wildman–Crippen MR) is 46.9 cm³/mol. The van der Waals surface area contributed by atoms with Crippen LogP contribution in [0.25, 0.3) is 0 Å². The minimum absolute atomic E-state index is 0. The molecule has 6 heteroatoms. The number of hydrogen-bond donors (Lipinski definition) is 0. The Hall–Kier alpha value is -0.112. The van der Waals surface area contributed by atoms with E-state index < -0.39 is 7.25 Å². The van der Waals surface area contributed by atoms with Gasteiger partial charge in [-0.2, -0.15) is 0 Å². The summed E-state index contributed by atoms with van der Waals surface area (Å²) in [5.74, 6) is 0. The molecule has 0 amide bonds. The van der Waals surface area contributed by atoms with Crippen molar-refractivity contribution in [2.45, 2.75) is 25.7 Å². The molecule has 0 atom stereocenters. The average molecular weight is 298 g/mol. The van der Waals surface area contributed by atoms with E-state index in [9.17, 15) is 17.3 Å². The van der Waals surface area contributed by atoms with Gasteiger partial charge in [0.25, 0.3) is 0 Å². The Kier molecular flexibility index (Phi) is 11.0. The Bertz CT molecular complexity index is 145. The summed E-state index contributed by atoms with van der Waals surface area (Å²) in [7, 11) is -6.00. The molecule has 1 aliphatic rings. The van der Waals surface area contributed by atoms with Gasteiger partial charge in [-0.25, -0.2) is 0 Å². The van der Waals surface area contributed by atoms with Gasteiger partial charge in [0.1, 0.15) is 0 Å². The number of hydrogen-bond acceptors (Lipinski definition) is 0. The average Bonchev–Trinajstić information content (AvgIpc) is 1.79. The fourth-order valence-electron chi connectivity index (χ4n) is 0.856. The summed E-state index contributed by atoms with van der Waals surface area (Å²) in [5, 5.41) is 0. The Morgan fingerprint density at radius 3 is 0.929 bits per heavy atom. The van der Waals surface area contributed by atoms with Gasteiger partial charge in [0, 0.05) is 19.5 Å². The van der Waals surface area contributed by atoms with Crippen molar-refractivity contribution in [1.29, 1.82) is 0 Å². The molecule has 0 saturated carbocycles. The first-order valence-electron chi connectivity index (χ1n) is 4.17. The van der Waals surface area contributed by atoms with Crippen molar-refractivity contribution < 1.29 is 36.7 Å². The fraction of sp³-hybridized carbons (Fsp3) is 0.500. The van der Waals surface area contributed by atoms with Crippen LogP contribution in [0.5, 0.6) is 0 Å². The van der Waals surface area contributed by atoms with Crippen LogP contribution in [-0.2, 0) is 19.5 Å². The van der Waals surface area contributed by atoms with Crippen LogP contribution in [0.3, 0.4) is 0 Å². The van der Waals surface area contributed by atoms with Crippen LogP contribution >= 0.6 is 0 Å². The van der Waals surface area contributed by atoms with Gasteiger partial charge in [0.05, 0.1) is 0 Å². The Morgan fingerprint density at radius 2 is 0.786 bits per heavy atom. The predicted octanol–water partition coefficient (Wildman–Crippen LogP) is 3.97. The van der Waals surface area contributed by atoms with E-state index in [1.165, 1.54) is 25.7 Å². The maximum absolute atomic E-state index is 9.75. The summed E-state index contributed by atoms with van der Waals surface area (Å²) in [6, 6.07) is 0. The molecule has 0 aromatic heterocycles. The van der Waals surface area contributed by atoms with Crippen molar-refractivity contribution in [3.05, 3.63) is 24.3 Å².